The number of aromatic nitrogens is 1. The van der Waals surface area contributed by atoms with Gasteiger partial charge in [-0.05, 0) is 35.4 Å². The summed E-state index contributed by atoms with van der Waals surface area (Å²) >= 11 is 0. The lowest BCUT2D eigenvalue weighted by Crippen LogP contribution is -2.49. The van der Waals surface area contributed by atoms with Crippen molar-refractivity contribution in [2.75, 3.05) is 19.9 Å². The number of nitrogens with zero attached hydrogens (tertiary/aromatic N) is 3. The minimum absolute atomic E-state index is 0.120. The van der Waals surface area contributed by atoms with Crippen LogP contribution in [0.1, 0.15) is 27.7 Å². The highest BCUT2D eigenvalue weighted by molar-refractivity contribution is 5.94. The van der Waals surface area contributed by atoms with Gasteiger partial charge in [0.25, 0.3) is 5.91 Å². The van der Waals surface area contributed by atoms with Gasteiger partial charge < -0.3 is 18.9 Å². The Hall–Kier alpha value is -3.25. The zero-order valence-corrected chi connectivity index (χ0v) is 16.6. The number of amides is 1. The van der Waals surface area contributed by atoms with E-state index in [1.807, 2.05) is 36.4 Å². The molecule has 0 radical (unpaired) electrons. The Morgan fingerprint density at radius 2 is 1.67 bits per heavy atom. The molecule has 6 rings (SSSR count). The summed E-state index contributed by atoms with van der Waals surface area (Å²) in [6, 6.07) is 20.8. The Morgan fingerprint density at radius 1 is 0.833 bits per heavy atom. The maximum atomic E-state index is 13.3. The van der Waals surface area contributed by atoms with Crippen LogP contribution in [0.15, 0.2) is 66.9 Å². The van der Waals surface area contributed by atoms with Crippen LogP contribution in [0.2, 0.25) is 0 Å². The van der Waals surface area contributed by atoms with Gasteiger partial charge in [-0.2, -0.15) is 0 Å². The van der Waals surface area contributed by atoms with E-state index in [0.717, 1.165) is 36.8 Å². The molecule has 1 fully saturated rings. The lowest BCUT2D eigenvalue weighted by molar-refractivity contribution is 0.0556. The Bertz CT molecular complexity index is 1090. The minimum Gasteiger partial charge on any atom is -0.454 e. The second kappa shape index (κ2) is 6.92. The third-order valence-corrected chi connectivity index (χ3v) is 6.39. The molecule has 30 heavy (non-hydrogen) atoms. The molecule has 6 nitrogen and oxygen atoms in total. The third-order valence-electron chi connectivity index (χ3n) is 6.39. The van der Waals surface area contributed by atoms with Crippen molar-refractivity contribution in [3.63, 3.8) is 0 Å². The fourth-order valence-corrected chi connectivity index (χ4v) is 4.98. The van der Waals surface area contributed by atoms with Crippen molar-refractivity contribution in [3.05, 3.63) is 83.7 Å². The molecule has 2 atom stereocenters. The number of ether oxygens (including phenoxy) is 2. The number of hydrogen-bond acceptors (Lipinski definition) is 4. The average Bonchev–Trinajstić information content (AvgIpc) is 3.50. The van der Waals surface area contributed by atoms with Crippen molar-refractivity contribution in [1.82, 2.24) is 14.4 Å². The standard InChI is InChI=1S/C24H23N3O3/c28-24-19-7-4-10-26(19)20-14-25(12-18-8-9-22-23(11-18)30-16-29-22)15-21(20)27(24)13-17-5-2-1-3-6-17/h1-11,20-21H,12-16H2/t20-,21+/m1/s1. The summed E-state index contributed by atoms with van der Waals surface area (Å²) in [6.45, 7) is 3.53. The number of hydrogen-bond donors (Lipinski definition) is 0. The second-order valence-corrected chi connectivity index (χ2v) is 8.24. The van der Waals surface area contributed by atoms with Crippen molar-refractivity contribution < 1.29 is 14.3 Å². The molecule has 1 aromatic heterocycles. The van der Waals surface area contributed by atoms with Crippen molar-refractivity contribution in [1.29, 1.82) is 0 Å². The quantitative estimate of drug-likeness (QED) is 0.673. The van der Waals surface area contributed by atoms with E-state index in [2.05, 4.69) is 44.8 Å². The van der Waals surface area contributed by atoms with Crippen LogP contribution >= 0.6 is 0 Å². The first kappa shape index (κ1) is 17.6. The molecule has 152 valence electrons. The van der Waals surface area contributed by atoms with Gasteiger partial charge in [-0.1, -0.05) is 36.4 Å². The molecule has 2 aromatic carbocycles. The molecular weight excluding hydrogens is 378 g/mol. The number of fused-ring (bicyclic) bond motifs is 4. The highest BCUT2D eigenvalue weighted by Gasteiger charge is 2.44. The smallest absolute Gasteiger partial charge is 0.271 e. The van der Waals surface area contributed by atoms with E-state index < -0.39 is 0 Å². The number of carbonyl (C=O) groups excluding carboxylic acids is 1. The maximum absolute atomic E-state index is 13.3. The highest BCUT2D eigenvalue weighted by atomic mass is 16.7. The van der Waals surface area contributed by atoms with Crippen molar-refractivity contribution in [3.8, 4) is 11.5 Å². The van der Waals surface area contributed by atoms with Gasteiger partial charge in [-0.25, -0.2) is 0 Å². The lowest BCUT2D eigenvalue weighted by Gasteiger charge is -2.38. The topological polar surface area (TPSA) is 46.9 Å². The van der Waals surface area contributed by atoms with Crippen LogP contribution in [-0.2, 0) is 13.1 Å². The second-order valence-electron chi connectivity index (χ2n) is 8.24. The van der Waals surface area contributed by atoms with Crippen LogP contribution in [0.25, 0.3) is 0 Å². The average molecular weight is 401 g/mol. The van der Waals surface area contributed by atoms with E-state index in [-0.39, 0.29) is 18.0 Å². The normalized spacial score (nSPS) is 22.3. The van der Waals surface area contributed by atoms with E-state index in [9.17, 15) is 4.79 Å². The Labute approximate surface area is 175 Å². The van der Waals surface area contributed by atoms with Crippen LogP contribution in [-0.4, -0.2) is 46.2 Å². The van der Waals surface area contributed by atoms with E-state index in [4.69, 9.17) is 9.47 Å². The van der Waals surface area contributed by atoms with E-state index in [1.54, 1.807) is 0 Å². The number of benzene rings is 2. The molecule has 0 bridgehead atoms. The van der Waals surface area contributed by atoms with E-state index in [1.165, 1.54) is 11.1 Å². The molecule has 0 aliphatic carbocycles. The first-order valence-electron chi connectivity index (χ1n) is 10.4. The lowest BCUT2D eigenvalue weighted by atomic mass is 10.0. The summed E-state index contributed by atoms with van der Waals surface area (Å²) in [5.41, 5.74) is 3.16. The highest BCUT2D eigenvalue weighted by Crippen LogP contribution is 2.37. The fraction of sp³-hybridized carbons (Fsp3) is 0.292. The summed E-state index contributed by atoms with van der Waals surface area (Å²) in [5, 5.41) is 0. The van der Waals surface area contributed by atoms with Gasteiger partial charge in [0.1, 0.15) is 5.69 Å². The number of likely N-dealkylation sites (tertiary alicyclic amines) is 1. The van der Waals surface area contributed by atoms with Crippen LogP contribution in [0.3, 0.4) is 0 Å². The molecule has 3 aliphatic rings. The van der Waals surface area contributed by atoms with Gasteiger partial charge in [0, 0.05) is 32.4 Å². The Morgan fingerprint density at radius 3 is 2.57 bits per heavy atom. The molecule has 0 unspecified atom stereocenters. The van der Waals surface area contributed by atoms with Crippen molar-refractivity contribution in [2.24, 2.45) is 0 Å². The van der Waals surface area contributed by atoms with Gasteiger partial charge in [-0.3, -0.25) is 9.69 Å². The molecule has 1 amide bonds. The Balaban J connectivity index is 1.27. The molecule has 4 heterocycles. The monoisotopic (exact) mass is 401 g/mol. The van der Waals surface area contributed by atoms with Gasteiger partial charge >= 0.3 is 0 Å². The first-order chi connectivity index (χ1) is 14.8. The molecule has 0 N–H and O–H groups in total. The minimum atomic E-state index is 0.120. The molecular formula is C24H23N3O3. The van der Waals surface area contributed by atoms with Gasteiger partial charge in [0.2, 0.25) is 6.79 Å². The SMILES string of the molecule is O=C1c2cccn2[C@@H]2CN(Cc3ccc4c(c3)OCO4)C[C@@H]2N1Cc1ccccc1. The summed E-state index contributed by atoms with van der Waals surface area (Å²) in [7, 11) is 0. The zero-order chi connectivity index (χ0) is 20.1. The fourth-order valence-electron chi connectivity index (χ4n) is 4.98. The van der Waals surface area contributed by atoms with Crippen LogP contribution in [0, 0.1) is 0 Å². The molecule has 3 aliphatic heterocycles. The van der Waals surface area contributed by atoms with Crippen LogP contribution in [0.4, 0.5) is 0 Å². The van der Waals surface area contributed by atoms with Crippen molar-refractivity contribution in [2.45, 2.75) is 25.2 Å². The van der Waals surface area contributed by atoms with Gasteiger partial charge in [0.15, 0.2) is 11.5 Å². The molecule has 0 saturated carbocycles. The number of carbonyl (C=O) groups is 1. The predicted molar refractivity (Wildman–Crippen MR) is 111 cm³/mol. The van der Waals surface area contributed by atoms with Gasteiger partial charge in [0.05, 0.1) is 12.1 Å². The first-order valence-corrected chi connectivity index (χ1v) is 10.4. The molecule has 0 spiro atoms. The van der Waals surface area contributed by atoms with Crippen LogP contribution < -0.4 is 9.47 Å². The summed E-state index contributed by atoms with van der Waals surface area (Å²) in [6.07, 6.45) is 2.05. The maximum Gasteiger partial charge on any atom is 0.271 e. The van der Waals surface area contributed by atoms with E-state index in [0.29, 0.717) is 13.3 Å². The third kappa shape index (κ3) is 2.87. The summed E-state index contributed by atoms with van der Waals surface area (Å²) < 4.78 is 13.1. The van der Waals surface area contributed by atoms with Crippen LogP contribution in [0.5, 0.6) is 11.5 Å². The van der Waals surface area contributed by atoms with Crippen molar-refractivity contribution >= 4 is 5.91 Å². The molecule has 6 heteroatoms. The summed E-state index contributed by atoms with van der Waals surface area (Å²) in [4.78, 5) is 17.8. The van der Waals surface area contributed by atoms with Gasteiger partial charge in [-0.15, -0.1) is 0 Å². The summed E-state index contributed by atoms with van der Waals surface area (Å²) in [5.74, 6) is 1.75. The Kier molecular flexibility index (Phi) is 4.06. The largest absolute Gasteiger partial charge is 0.454 e. The molecule has 3 aromatic rings. The van der Waals surface area contributed by atoms with E-state index >= 15 is 0 Å². The zero-order valence-electron chi connectivity index (χ0n) is 16.6. The molecule has 1 saturated heterocycles. The predicted octanol–water partition coefficient (Wildman–Crippen LogP) is 3.30. The number of rotatable bonds is 4.